The van der Waals surface area contributed by atoms with E-state index in [1.165, 1.54) is 6.92 Å². The van der Waals surface area contributed by atoms with Crippen molar-refractivity contribution in [1.82, 2.24) is 14.5 Å². The molecule has 1 saturated heterocycles. The van der Waals surface area contributed by atoms with E-state index in [9.17, 15) is 9.90 Å². The first-order valence-electron chi connectivity index (χ1n) is 6.33. The molecule has 1 fully saturated rings. The largest absolute Gasteiger partial charge is 0.459 e. The molecule has 3 rings (SSSR count). The van der Waals surface area contributed by atoms with Crippen LogP contribution in [-0.4, -0.2) is 52.7 Å². The normalized spacial score (nSPS) is 30.1. The fourth-order valence-electron chi connectivity index (χ4n) is 2.83. The second-order valence-corrected chi connectivity index (χ2v) is 5.19. The van der Waals surface area contributed by atoms with Crippen LogP contribution in [0.15, 0.2) is 11.2 Å². The van der Waals surface area contributed by atoms with Gasteiger partial charge in [-0.15, -0.1) is 0 Å². The Labute approximate surface area is 115 Å². The third-order valence-electron chi connectivity index (χ3n) is 4.16. The number of carbonyl (C=O) groups is 1. The molecule has 20 heavy (non-hydrogen) atoms. The fraction of sp³-hybridized carbons (Fsp3) is 0.500. The Morgan fingerprint density at radius 1 is 1.65 bits per heavy atom. The number of nitrogens with two attached hydrogens (primary N) is 1. The number of aliphatic hydroxyl groups is 1. The van der Waals surface area contributed by atoms with Crippen molar-refractivity contribution in [3.05, 3.63) is 6.20 Å². The zero-order valence-electron chi connectivity index (χ0n) is 11.1. The van der Waals surface area contributed by atoms with E-state index in [0.717, 1.165) is 6.54 Å². The van der Waals surface area contributed by atoms with Gasteiger partial charge in [-0.25, -0.2) is 9.47 Å². The maximum Gasteiger partial charge on any atom is 0.302 e. The molecule has 0 aliphatic carbocycles. The topological polar surface area (TPSA) is 111 Å². The van der Waals surface area contributed by atoms with Crippen LogP contribution in [0.1, 0.15) is 13.3 Å². The Hall–Kier alpha value is -2.06. The summed E-state index contributed by atoms with van der Waals surface area (Å²) in [5, 5.41) is 9.83. The molecule has 0 radical (unpaired) electrons. The van der Waals surface area contributed by atoms with Gasteiger partial charge in [0.05, 0.1) is 19.2 Å². The summed E-state index contributed by atoms with van der Waals surface area (Å²) in [4.78, 5) is 23.5. The van der Waals surface area contributed by atoms with Crippen LogP contribution in [0.5, 0.6) is 0 Å². The summed E-state index contributed by atoms with van der Waals surface area (Å²) in [6.45, 7) is 2.07. The van der Waals surface area contributed by atoms with Gasteiger partial charge in [0.2, 0.25) is 5.95 Å². The minimum atomic E-state index is -0.638. The summed E-state index contributed by atoms with van der Waals surface area (Å²) in [6.07, 6.45) is 4.00. The number of rotatable bonds is 3. The summed E-state index contributed by atoms with van der Waals surface area (Å²) in [6, 6.07) is 0. The van der Waals surface area contributed by atoms with Crippen molar-refractivity contribution in [2.75, 3.05) is 25.5 Å². The molecule has 1 spiro atoms. The minimum absolute atomic E-state index is 0.119. The average molecular weight is 278 g/mol. The SMILES string of the molecule is CC(=O)OCC1(CO)CC[N+]12C=Nc1cnc(N)nc12. The van der Waals surface area contributed by atoms with E-state index in [1.54, 1.807) is 12.5 Å². The predicted octanol–water partition coefficient (Wildman–Crippen LogP) is -0.263. The van der Waals surface area contributed by atoms with Crippen LogP contribution < -0.4 is 10.2 Å². The summed E-state index contributed by atoms with van der Waals surface area (Å²) in [5.74, 6) is 0.448. The van der Waals surface area contributed by atoms with E-state index >= 15 is 0 Å². The van der Waals surface area contributed by atoms with E-state index in [0.29, 0.717) is 17.9 Å². The van der Waals surface area contributed by atoms with Gasteiger partial charge in [-0.1, -0.05) is 0 Å². The molecule has 106 valence electrons. The molecular weight excluding hydrogens is 262 g/mol. The maximum atomic E-state index is 11.1. The number of quaternary nitrogens is 1. The van der Waals surface area contributed by atoms with Gasteiger partial charge >= 0.3 is 5.97 Å². The van der Waals surface area contributed by atoms with Gasteiger partial charge in [0.1, 0.15) is 13.2 Å². The zero-order chi connectivity index (χ0) is 14.4. The van der Waals surface area contributed by atoms with Crippen molar-refractivity contribution < 1.29 is 14.6 Å². The molecule has 0 bridgehead atoms. The van der Waals surface area contributed by atoms with Gasteiger partial charge in [0, 0.05) is 6.92 Å². The molecular formula is C12H16N5O3+. The molecule has 3 N–H and O–H groups in total. The van der Waals surface area contributed by atoms with E-state index in [2.05, 4.69) is 15.0 Å². The van der Waals surface area contributed by atoms with Crippen molar-refractivity contribution in [1.29, 1.82) is 0 Å². The van der Waals surface area contributed by atoms with Crippen molar-refractivity contribution >= 4 is 29.8 Å². The number of nitrogens with zero attached hydrogens (tertiary/aromatic N) is 4. The van der Waals surface area contributed by atoms with Gasteiger partial charge in [0.25, 0.3) is 5.82 Å². The lowest BCUT2D eigenvalue weighted by molar-refractivity contribution is -0.148. The molecule has 0 amide bonds. The van der Waals surface area contributed by atoms with E-state index in [1.807, 2.05) is 0 Å². The van der Waals surface area contributed by atoms with Crippen molar-refractivity contribution in [3.8, 4) is 0 Å². The molecule has 2 aliphatic rings. The number of aliphatic imine (C=N–C) groups is 1. The molecule has 2 aliphatic heterocycles. The van der Waals surface area contributed by atoms with Crippen molar-refractivity contribution in [3.63, 3.8) is 0 Å². The number of aliphatic hydroxyl groups excluding tert-OH is 1. The lowest BCUT2D eigenvalue weighted by atomic mass is 9.82. The number of fused-ring (bicyclic) bond motifs is 2. The molecule has 0 saturated carbocycles. The Morgan fingerprint density at radius 3 is 3.05 bits per heavy atom. The third-order valence-corrected chi connectivity index (χ3v) is 4.16. The van der Waals surface area contributed by atoms with Crippen LogP contribution in [0, 0.1) is 0 Å². The van der Waals surface area contributed by atoms with E-state index in [-0.39, 0.29) is 29.6 Å². The first-order valence-corrected chi connectivity index (χ1v) is 6.33. The van der Waals surface area contributed by atoms with Gasteiger partial charge in [-0.05, 0) is 0 Å². The van der Waals surface area contributed by atoms with Crippen LogP contribution in [0.2, 0.25) is 0 Å². The first kappa shape index (κ1) is 12.9. The van der Waals surface area contributed by atoms with Gasteiger partial charge in [0.15, 0.2) is 17.6 Å². The number of anilines is 1. The van der Waals surface area contributed by atoms with Gasteiger partial charge < -0.3 is 15.6 Å². The lowest BCUT2D eigenvalue weighted by Gasteiger charge is -2.53. The number of carbonyl (C=O) groups excluding carboxylic acids is 1. The van der Waals surface area contributed by atoms with E-state index < -0.39 is 5.54 Å². The highest BCUT2D eigenvalue weighted by molar-refractivity contribution is 5.89. The second-order valence-electron chi connectivity index (χ2n) is 5.19. The highest BCUT2D eigenvalue weighted by Gasteiger charge is 2.64. The monoisotopic (exact) mass is 278 g/mol. The smallest absolute Gasteiger partial charge is 0.302 e. The molecule has 2 unspecified atom stereocenters. The Balaban J connectivity index is 2.00. The summed E-state index contributed by atoms with van der Waals surface area (Å²) in [7, 11) is 0. The molecule has 1 aromatic rings. The second kappa shape index (κ2) is 4.22. The Morgan fingerprint density at radius 2 is 2.45 bits per heavy atom. The summed E-state index contributed by atoms with van der Waals surface area (Å²) < 4.78 is 5.38. The number of ether oxygens (including phenoxy) is 1. The van der Waals surface area contributed by atoms with Gasteiger partial charge in [-0.3, -0.25) is 4.79 Å². The molecule has 3 heterocycles. The summed E-state index contributed by atoms with van der Waals surface area (Å²) in [5.41, 5.74) is 5.65. The highest BCUT2D eigenvalue weighted by Crippen LogP contribution is 2.49. The van der Waals surface area contributed by atoms with Crippen LogP contribution in [0.25, 0.3) is 0 Å². The number of hydrogen-bond acceptors (Lipinski definition) is 7. The Kier molecular flexibility index (Phi) is 2.73. The van der Waals surface area contributed by atoms with Gasteiger partial charge in [-0.2, -0.15) is 9.98 Å². The minimum Gasteiger partial charge on any atom is -0.459 e. The molecule has 8 heteroatoms. The van der Waals surface area contributed by atoms with Crippen molar-refractivity contribution in [2.24, 2.45) is 4.99 Å². The van der Waals surface area contributed by atoms with E-state index in [4.69, 9.17) is 10.5 Å². The predicted molar refractivity (Wildman–Crippen MR) is 72.3 cm³/mol. The van der Waals surface area contributed by atoms with Crippen LogP contribution in [0.3, 0.4) is 0 Å². The number of nitrogen functional groups attached to an aromatic ring is 1. The molecule has 0 aromatic carbocycles. The summed E-state index contributed by atoms with van der Waals surface area (Å²) >= 11 is 0. The number of hydrogen-bond donors (Lipinski definition) is 2. The molecule has 1 aromatic heterocycles. The quantitative estimate of drug-likeness (QED) is 0.582. The number of aromatic nitrogens is 2. The molecule has 2 atom stereocenters. The number of esters is 1. The lowest BCUT2D eigenvalue weighted by Crippen LogP contribution is -2.78. The van der Waals surface area contributed by atoms with Crippen molar-refractivity contribution in [2.45, 2.75) is 18.9 Å². The Bertz CT molecular complexity index is 601. The average Bonchev–Trinajstić information content (AvgIpc) is 2.79. The fourth-order valence-corrected chi connectivity index (χ4v) is 2.83. The zero-order valence-corrected chi connectivity index (χ0v) is 11.1. The molecule has 8 nitrogen and oxygen atoms in total. The maximum absolute atomic E-state index is 11.1. The highest BCUT2D eigenvalue weighted by atomic mass is 16.5. The first-order chi connectivity index (χ1) is 9.53. The van der Waals surface area contributed by atoms with Crippen LogP contribution in [-0.2, 0) is 9.53 Å². The standard InChI is InChI=1S/C12H16N5O3/c1-8(19)20-6-12(5-18)2-3-17(12)7-15-9-4-14-11(13)16-10(9)17/h4,7,18H,2-3,5-6H2,1H3,(H2,13,14,16)/q+1. The van der Waals surface area contributed by atoms with Crippen LogP contribution in [0.4, 0.5) is 17.5 Å². The third kappa shape index (κ3) is 1.55. The van der Waals surface area contributed by atoms with Crippen LogP contribution >= 0.6 is 0 Å².